The van der Waals surface area contributed by atoms with Crippen LogP contribution in [0, 0.1) is 5.92 Å². The average molecular weight is 306 g/mol. The van der Waals surface area contributed by atoms with Gasteiger partial charge in [-0.2, -0.15) is 0 Å². The van der Waals surface area contributed by atoms with Crippen LogP contribution in [0.4, 0.5) is 0 Å². The molecule has 120 valence electrons. The fraction of sp³-hybridized carbons (Fsp3) is 0.471. The van der Waals surface area contributed by atoms with E-state index in [2.05, 4.69) is 13.8 Å². The Balaban J connectivity index is 2.79. The van der Waals surface area contributed by atoms with Crippen molar-refractivity contribution in [1.29, 1.82) is 0 Å². The number of ketones is 1. The maximum atomic E-state index is 12.2. The summed E-state index contributed by atoms with van der Waals surface area (Å²) in [7, 11) is 0. The Bertz CT molecular complexity index is 560. The van der Waals surface area contributed by atoms with Gasteiger partial charge in [0.1, 0.15) is 0 Å². The Kier molecular flexibility index (Phi) is 6.76. The molecule has 0 heterocycles. The molecule has 0 bridgehead atoms. The molecule has 0 saturated carbocycles. The first kappa shape index (κ1) is 17.9. The molecule has 0 atom stereocenters. The zero-order valence-electron chi connectivity index (χ0n) is 13.0. The van der Waals surface area contributed by atoms with Gasteiger partial charge in [0.05, 0.1) is 11.1 Å². The molecular formula is C17H22O5. The number of hydrogen-bond acceptors (Lipinski definition) is 3. The molecule has 2 N–H and O–H groups in total. The van der Waals surface area contributed by atoms with E-state index >= 15 is 0 Å². The van der Waals surface area contributed by atoms with E-state index < -0.39 is 17.5 Å². The van der Waals surface area contributed by atoms with Crippen LogP contribution in [0.3, 0.4) is 0 Å². The molecular weight excluding hydrogens is 284 g/mol. The number of Topliss-reactive ketones (excluding diaryl/α,β-unsaturated/α-hetero) is 1. The molecule has 0 unspecified atom stereocenters. The molecule has 0 aliphatic heterocycles. The third-order valence-corrected chi connectivity index (χ3v) is 3.49. The molecule has 1 rings (SSSR count). The van der Waals surface area contributed by atoms with Crippen LogP contribution in [0.25, 0.3) is 0 Å². The van der Waals surface area contributed by atoms with Gasteiger partial charge < -0.3 is 10.2 Å². The monoisotopic (exact) mass is 306 g/mol. The fourth-order valence-electron chi connectivity index (χ4n) is 2.34. The third kappa shape index (κ3) is 4.98. The maximum absolute atomic E-state index is 12.2. The van der Waals surface area contributed by atoms with E-state index in [4.69, 9.17) is 5.11 Å². The van der Waals surface area contributed by atoms with Gasteiger partial charge in [0.15, 0.2) is 5.78 Å². The normalized spacial score (nSPS) is 10.7. The van der Waals surface area contributed by atoms with E-state index in [1.807, 2.05) is 0 Å². The van der Waals surface area contributed by atoms with Crippen LogP contribution in [-0.4, -0.2) is 27.9 Å². The van der Waals surface area contributed by atoms with Gasteiger partial charge in [-0.15, -0.1) is 0 Å². The van der Waals surface area contributed by atoms with Crippen LogP contribution < -0.4 is 0 Å². The highest BCUT2D eigenvalue weighted by Gasteiger charge is 2.23. The number of hydrogen-bond donors (Lipinski definition) is 2. The third-order valence-electron chi connectivity index (χ3n) is 3.49. The highest BCUT2D eigenvalue weighted by Crippen LogP contribution is 2.19. The van der Waals surface area contributed by atoms with E-state index in [9.17, 15) is 19.5 Å². The number of carbonyl (C=O) groups is 3. The number of aromatic carboxylic acids is 2. The lowest BCUT2D eigenvalue weighted by molar-refractivity contribution is 0.0649. The Hall–Kier alpha value is -2.17. The summed E-state index contributed by atoms with van der Waals surface area (Å²) in [6, 6.07) is 3.99. The lowest BCUT2D eigenvalue weighted by atomic mass is 9.95. The number of carbonyl (C=O) groups excluding carboxylic acids is 1. The first-order valence-electron chi connectivity index (χ1n) is 7.47. The van der Waals surface area contributed by atoms with Crippen LogP contribution in [0.1, 0.15) is 77.0 Å². The molecule has 0 amide bonds. The van der Waals surface area contributed by atoms with Crippen LogP contribution >= 0.6 is 0 Å². The van der Waals surface area contributed by atoms with Gasteiger partial charge in [0, 0.05) is 12.0 Å². The first-order valence-corrected chi connectivity index (χ1v) is 7.47. The van der Waals surface area contributed by atoms with E-state index in [1.54, 1.807) is 0 Å². The highest BCUT2D eigenvalue weighted by molar-refractivity contribution is 6.11. The minimum absolute atomic E-state index is 0.0174. The standard InChI is InChI=1S/C17H22O5/c1-11(2)7-4-3-5-10-14(18)12-8-6-9-13(16(19)20)15(12)17(21)22/h6,8-9,11H,3-5,7,10H2,1-2H3,(H,19,20)(H,21,22). The van der Waals surface area contributed by atoms with Crippen molar-refractivity contribution in [3.05, 3.63) is 34.9 Å². The lowest BCUT2D eigenvalue weighted by Crippen LogP contribution is -2.14. The predicted octanol–water partition coefficient (Wildman–Crippen LogP) is 3.87. The van der Waals surface area contributed by atoms with Crippen LogP contribution in [0.15, 0.2) is 18.2 Å². The number of carboxylic acid groups (broad SMARTS) is 2. The number of rotatable bonds is 9. The Morgan fingerprint density at radius 2 is 1.59 bits per heavy atom. The fourth-order valence-corrected chi connectivity index (χ4v) is 2.34. The zero-order chi connectivity index (χ0) is 16.7. The van der Waals surface area contributed by atoms with Crippen molar-refractivity contribution in [2.45, 2.75) is 46.0 Å². The van der Waals surface area contributed by atoms with Gasteiger partial charge in [-0.3, -0.25) is 4.79 Å². The predicted molar refractivity (Wildman–Crippen MR) is 82.6 cm³/mol. The largest absolute Gasteiger partial charge is 0.478 e. The second kappa shape index (κ2) is 8.32. The highest BCUT2D eigenvalue weighted by atomic mass is 16.4. The van der Waals surface area contributed by atoms with Crippen molar-refractivity contribution in [3.63, 3.8) is 0 Å². The van der Waals surface area contributed by atoms with Crippen LogP contribution in [-0.2, 0) is 0 Å². The molecule has 0 radical (unpaired) electrons. The van der Waals surface area contributed by atoms with Gasteiger partial charge >= 0.3 is 11.9 Å². The van der Waals surface area contributed by atoms with Crippen molar-refractivity contribution < 1.29 is 24.6 Å². The molecule has 0 aliphatic rings. The quantitative estimate of drug-likeness (QED) is 0.533. The van der Waals surface area contributed by atoms with Gasteiger partial charge in [-0.1, -0.05) is 45.2 Å². The second-order valence-electron chi connectivity index (χ2n) is 5.75. The summed E-state index contributed by atoms with van der Waals surface area (Å²) < 4.78 is 0. The molecule has 0 saturated heterocycles. The van der Waals surface area contributed by atoms with Gasteiger partial charge in [-0.25, -0.2) is 9.59 Å². The number of carboxylic acids is 2. The number of unbranched alkanes of at least 4 members (excludes halogenated alkanes) is 2. The van der Waals surface area contributed by atoms with Crippen LogP contribution in [0.5, 0.6) is 0 Å². The molecule has 5 nitrogen and oxygen atoms in total. The topological polar surface area (TPSA) is 91.7 Å². The van der Waals surface area contributed by atoms with Crippen molar-refractivity contribution in [1.82, 2.24) is 0 Å². The lowest BCUT2D eigenvalue weighted by Gasteiger charge is -2.08. The van der Waals surface area contributed by atoms with Gasteiger partial charge in [0.25, 0.3) is 0 Å². The van der Waals surface area contributed by atoms with E-state index in [-0.39, 0.29) is 23.3 Å². The summed E-state index contributed by atoms with van der Waals surface area (Å²) in [5.41, 5.74) is -0.781. The number of benzene rings is 1. The van der Waals surface area contributed by atoms with Crippen molar-refractivity contribution in [3.8, 4) is 0 Å². The maximum Gasteiger partial charge on any atom is 0.337 e. The van der Waals surface area contributed by atoms with E-state index in [0.29, 0.717) is 12.3 Å². The van der Waals surface area contributed by atoms with Crippen molar-refractivity contribution >= 4 is 17.7 Å². The minimum atomic E-state index is -1.39. The summed E-state index contributed by atoms with van der Waals surface area (Å²) in [6.07, 6.45) is 3.96. The zero-order valence-corrected chi connectivity index (χ0v) is 13.0. The Morgan fingerprint density at radius 1 is 0.955 bits per heavy atom. The Morgan fingerprint density at radius 3 is 2.14 bits per heavy atom. The summed E-state index contributed by atoms with van der Waals surface area (Å²) in [5, 5.41) is 18.2. The van der Waals surface area contributed by atoms with Crippen LogP contribution in [0.2, 0.25) is 0 Å². The molecule has 22 heavy (non-hydrogen) atoms. The van der Waals surface area contributed by atoms with Gasteiger partial charge in [-0.05, 0) is 18.4 Å². The summed E-state index contributed by atoms with van der Waals surface area (Å²) >= 11 is 0. The second-order valence-corrected chi connectivity index (χ2v) is 5.75. The summed E-state index contributed by atoms with van der Waals surface area (Å²) in [6.45, 7) is 4.28. The smallest absolute Gasteiger partial charge is 0.337 e. The summed E-state index contributed by atoms with van der Waals surface area (Å²) in [4.78, 5) is 34.6. The molecule has 1 aromatic carbocycles. The summed E-state index contributed by atoms with van der Waals surface area (Å²) in [5.74, 6) is -2.42. The Labute approximate surface area is 130 Å². The van der Waals surface area contributed by atoms with Crippen molar-refractivity contribution in [2.24, 2.45) is 5.92 Å². The SMILES string of the molecule is CC(C)CCCCCC(=O)c1cccc(C(=O)O)c1C(=O)O. The van der Waals surface area contributed by atoms with Crippen molar-refractivity contribution in [2.75, 3.05) is 0 Å². The molecule has 0 aromatic heterocycles. The molecule has 5 heteroatoms. The molecule has 0 fully saturated rings. The minimum Gasteiger partial charge on any atom is -0.478 e. The first-order chi connectivity index (χ1) is 10.3. The average Bonchev–Trinajstić information content (AvgIpc) is 2.45. The molecule has 0 aliphatic carbocycles. The van der Waals surface area contributed by atoms with Gasteiger partial charge in [0.2, 0.25) is 0 Å². The van der Waals surface area contributed by atoms with E-state index in [0.717, 1.165) is 19.3 Å². The molecule has 1 aromatic rings. The molecule has 0 spiro atoms. The van der Waals surface area contributed by atoms with E-state index in [1.165, 1.54) is 18.2 Å².